The quantitative estimate of drug-likeness (QED) is 0.687. The fourth-order valence-electron chi connectivity index (χ4n) is 1.99. The Morgan fingerprint density at radius 2 is 1.50 bits per heavy atom. The summed E-state index contributed by atoms with van der Waals surface area (Å²) in [7, 11) is 0. The summed E-state index contributed by atoms with van der Waals surface area (Å²) in [5.41, 5.74) is 0. The van der Waals surface area contributed by atoms with Crippen LogP contribution in [0.5, 0.6) is 0 Å². The second-order valence-electron chi connectivity index (χ2n) is 5.85. The molecule has 0 saturated heterocycles. The van der Waals surface area contributed by atoms with E-state index in [0.29, 0.717) is 18.0 Å². The summed E-state index contributed by atoms with van der Waals surface area (Å²) in [5.74, 6) is 1.45. The molecule has 98 valence electrons. The highest BCUT2D eigenvalue weighted by atomic mass is 15.2. The molecular formula is C14H32N2. The van der Waals surface area contributed by atoms with E-state index in [0.717, 1.165) is 12.5 Å². The first kappa shape index (κ1) is 15.9. The van der Waals surface area contributed by atoms with Crippen LogP contribution in [-0.2, 0) is 0 Å². The average Bonchev–Trinajstić information content (AvgIpc) is 2.14. The van der Waals surface area contributed by atoms with Crippen LogP contribution in [0.15, 0.2) is 0 Å². The van der Waals surface area contributed by atoms with Crippen LogP contribution < -0.4 is 5.32 Å². The summed E-state index contributed by atoms with van der Waals surface area (Å²) < 4.78 is 0. The van der Waals surface area contributed by atoms with Gasteiger partial charge in [0.25, 0.3) is 0 Å². The molecule has 1 N–H and O–H groups in total. The number of nitrogens with one attached hydrogen (secondary N) is 1. The van der Waals surface area contributed by atoms with Crippen LogP contribution in [0.25, 0.3) is 0 Å². The van der Waals surface area contributed by atoms with Gasteiger partial charge in [-0.1, -0.05) is 34.6 Å². The van der Waals surface area contributed by atoms with Crippen molar-refractivity contribution in [1.82, 2.24) is 10.2 Å². The lowest BCUT2D eigenvalue weighted by molar-refractivity contribution is 0.163. The largest absolute Gasteiger partial charge is 0.313 e. The van der Waals surface area contributed by atoms with Gasteiger partial charge < -0.3 is 5.32 Å². The zero-order valence-corrected chi connectivity index (χ0v) is 12.4. The molecule has 0 bridgehead atoms. The van der Waals surface area contributed by atoms with E-state index < -0.39 is 0 Å². The summed E-state index contributed by atoms with van der Waals surface area (Å²) in [6.07, 6.45) is 0. The van der Waals surface area contributed by atoms with Crippen molar-refractivity contribution in [3.8, 4) is 0 Å². The Morgan fingerprint density at radius 1 is 0.938 bits per heavy atom. The van der Waals surface area contributed by atoms with Crippen LogP contribution in [0, 0.1) is 11.8 Å². The first-order chi connectivity index (χ1) is 7.38. The second kappa shape index (κ2) is 8.08. The predicted molar refractivity (Wildman–Crippen MR) is 73.8 cm³/mol. The van der Waals surface area contributed by atoms with E-state index in [9.17, 15) is 0 Å². The van der Waals surface area contributed by atoms with Crippen molar-refractivity contribution in [2.24, 2.45) is 11.8 Å². The SMILES string of the molecule is CCNC(CN(CC(C)C)C(C)C)C(C)C. The van der Waals surface area contributed by atoms with E-state index in [1.165, 1.54) is 13.1 Å². The van der Waals surface area contributed by atoms with Crippen molar-refractivity contribution in [3.05, 3.63) is 0 Å². The lowest BCUT2D eigenvalue weighted by Crippen LogP contribution is -2.47. The second-order valence-corrected chi connectivity index (χ2v) is 5.85. The van der Waals surface area contributed by atoms with E-state index in [-0.39, 0.29) is 0 Å². The molecule has 1 atom stereocenters. The zero-order valence-electron chi connectivity index (χ0n) is 12.4. The summed E-state index contributed by atoms with van der Waals surface area (Å²) in [4.78, 5) is 2.60. The fraction of sp³-hybridized carbons (Fsp3) is 1.00. The number of nitrogens with zero attached hydrogens (tertiary/aromatic N) is 1. The van der Waals surface area contributed by atoms with Gasteiger partial charge in [0, 0.05) is 25.2 Å². The van der Waals surface area contributed by atoms with Gasteiger partial charge in [0.15, 0.2) is 0 Å². The maximum atomic E-state index is 3.60. The monoisotopic (exact) mass is 228 g/mol. The molecule has 0 radical (unpaired) electrons. The molecule has 0 aliphatic rings. The first-order valence-corrected chi connectivity index (χ1v) is 6.85. The molecule has 0 aromatic carbocycles. The van der Waals surface area contributed by atoms with Crippen LogP contribution in [0.3, 0.4) is 0 Å². The van der Waals surface area contributed by atoms with Crippen LogP contribution >= 0.6 is 0 Å². The van der Waals surface area contributed by atoms with Crippen molar-refractivity contribution < 1.29 is 0 Å². The maximum Gasteiger partial charge on any atom is 0.0217 e. The Morgan fingerprint density at radius 3 is 1.81 bits per heavy atom. The number of hydrogen-bond acceptors (Lipinski definition) is 2. The number of rotatable bonds is 8. The van der Waals surface area contributed by atoms with Gasteiger partial charge in [0.05, 0.1) is 0 Å². The molecule has 0 spiro atoms. The lowest BCUT2D eigenvalue weighted by atomic mass is 10.0. The van der Waals surface area contributed by atoms with Crippen molar-refractivity contribution in [2.45, 2.75) is 60.5 Å². The minimum atomic E-state index is 0.617. The molecule has 0 aromatic rings. The first-order valence-electron chi connectivity index (χ1n) is 6.85. The Bertz CT molecular complexity index is 164. The molecular weight excluding hydrogens is 196 g/mol. The number of likely N-dealkylation sites (N-methyl/N-ethyl adjacent to an activating group) is 1. The fourth-order valence-corrected chi connectivity index (χ4v) is 1.99. The third-order valence-electron chi connectivity index (χ3n) is 3.03. The van der Waals surface area contributed by atoms with Gasteiger partial charge in [0.1, 0.15) is 0 Å². The van der Waals surface area contributed by atoms with Crippen LogP contribution in [0.2, 0.25) is 0 Å². The van der Waals surface area contributed by atoms with E-state index in [1.807, 2.05) is 0 Å². The highest BCUT2D eigenvalue weighted by Gasteiger charge is 2.19. The molecule has 0 fully saturated rings. The van der Waals surface area contributed by atoms with Crippen LogP contribution in [0.4, 0.5) is 0 Å². The van der Waals surface area contributed by atoms with Crippen LogP contribution in [-0.4, -0.2) is 36.6 Å². The van der Waals surface area contributed by atoms with E-state index in [1.54, 1.807) is 0 Å². The molecule has 2 nitrogen and oxygen atoms in total. The third-order valence-corrected chi connectivity index (χ3v) is 3.03. The normalized spacial score (nSPS) is 14.4. The van der Waals surface area contributed by atoms with Crippen molar-refractivity contribution in [1.29, 1.82) is 0 Å². The molecule has 1 unspecified atom stereocenters. The van der Waals surface area contributed by atoms with Crippen LogP contribution in [0.1, 0.15) is 48.5 Å². The summed E-state index contributed by atoms with van der Waals surface area (Å²) in [5, 5.41) is 3.60. The molecule has 16 heavy (non-hydrogen) atoms. The minimum Gasteiger partial charge on any atom is -0.313 e. The molecule has 0 heterocycles. The average molecular weight is 228 g/mol. The van der Waals surface area contributed by atoms with Crippen molar-refractivity contribution in [3.63, 3.8) is 0 Å². The maximum absolute atomic E-state index is 3.60. The highest BCUT2D eigenvalue weighted by Crippen LogP contribution is 2.09. The Kier molecular flexibility index (Phi) is 8.04. The molecule has 2 heteroatoms. The molecule has 0 aromatic heterocycles. The van der Waals surface area contributed by atoms with Gasteiger partial charge in [-0.15, -0.1) is 0 Å². The standard InChI is InChI=1S/C14H32N2/c1-8-15-14(12(4)5)10-16(13(6)7)9-11(2)3/h11-15H,8-10H2,1-7H3. The van der Waals surface area contributed by atoms with Crippen molar-refractivity contribution in [2.75, 3.05) is 19.6 Å². The Labute approximate surface area is 103 Å². The van der Waals surface area contributed by atoms with Gasteiger partial charge in [0.2, 0.25) is 0 Å². The lowest BCUT2D eigenvalue weighted by Gasteiger charge is -2.34. The zero-order chi connectivity index (χ0) is 12.7. The summed E-state index contributed by atoms with van der Waals surface area (Å²) >= 11 is 0. The third kappa shape index (κ3) is 6.49. The summed E-state index contributed by atoms with van der Waals surface area (Å²) in [6, 6.07) is 1.26. The minimum absolute atomic E-state index is 0.617. The molecule has 0 rings (SSSR count). The van der Waals surface area contributed by atoms with E-state index >= 15 is 0 Å². The van der Waals surface area contributed by atoms with Gasteiger partial charge >= 0.3 is 0 Å². The van der Waals surface area contributed by atoms with Gasteiger partial charge in [-0.3, -0.25) is 4.90 Å². The van der Waals surface area contributed by atoms with E-state index in [2.05, 4.69) is 58.7 Å². The molecule has 0 aliphatic heterocycles. The van der Waals surface area contributed by atoms with Gasteiger partial charge in [-0.05, 0) is 32.2 Å². The Balaban J connectivity index is 4.32. The molecule has 0 amide bonds. The van der Waals surface area contributed by atoms with Gasteiger partial charge in [-0.25, -0.2) is 0 Å². The highest BCUT2D eigenvalue weighted by molar-refractivity contribution is 4.77. The Hall–Kier alpha value is -0.0800. The molecule has 0 aliphatic carbocycles. The van der Waals surface area contributed by atoms with E-state index in [4.69, 9.17) is 0 Å². The van der Waals surface area contributed by atoms with Crippen molar-refractivity contribution >= 4 is 0 Å². The predicted octanol–water partition coefficient (Wildman–Crippen LogP) is 2.99. The van der Waals surface area contributed by atoms with Gasteiger partial charge in [-0.2, -0.15) is 0 Å². The molecule has 0 saturated carbocycles. The number of hydrogen-bond donors (Lipinski definition) is 1. The topological polar surface area (TPSA) is 15.3 Å². The summed E-state index contributed by atoms with van der Waals surface area (Å²) in [6.45, 7) is 19.4. The smallest absolute Gasteiger partial charge is 0.0217 e.